The highest BCUT2D eigenvalue weighted by Crippen LogP contribution is 2.01. The zero-order valence-corrected chi connectivity index (χ0v) is 6.82. The van der Waals surface area contributed by atoms with Crippen LogP contribution in [-0.2, 0) is 0 Å². The van der Waals surface area contributed by atoms with Crippen molar-refractivity contribution in [3.05, 3.63) is 35.9 Å². The second-order valence-electron chi connectivity index (χ2n) is 2.31. The fourth-order valence-electron chi connectivity index (χ4n) is 0.819. The van der Waals surface area contributed by atoms with E-state index in [0.29, 0.717) is 10.6 Å². The fourth-order valence-corrected chi connectivity index (χ4v) is 0.819. The summed E-state index contributed by atoms with van der Waals surface area (Å²) in [5.74, 6) is -0.394. The molecule has 1 radical (unpaired) electrons. The van der Waals surface area contributed by atoms with Gasteiger partial charge in [-0.1, -0.05) is 12.1 Å². The van der Waals surface area contributed by atoms with Gasteiger partial charge in [-0.3, -0.25) is 10.0 Å². The first-order chi connectivity index (χ1) is 5.75. The number of hydroxylamine groups is 2. The standard InChI is InChI=1S/C9H10NO2/c1-2-10(12)9(11)8-6-4-3-5-7-8/h3-4,6-7,12H,2H2,1H3. The van der Waals surface area contributed by atoms with Gasteiger partial charge < -0.3 is 0 Å². The maximum atomic E-state index is 11.2. The lowest BCUT2D eigenvalue weighted by Crippen LogP contribution is -2.26. The number of nitrogens with zero attached hydrogens (tertiary/aromatic N) is 1. The summed E-state index contributed by atoms with van der Waals surface area (Å²) in [6.45, 7) is 1.98. The van der Waals surface area contributed by atoms with Crippen molar-refractivity contribution >= 4 is 5.91 Å². The molecule has 1 amide bonds. The summed E-state index contributed by atoms with van der Waals surface area (Å²) in [5, 5.41) is 9.72. The third-order valence-electron chi connectivity index (χ3n) is 1.49. The molecule has 1 rings (SSSR count). The van der Waals surface area contributed by atoms with Crippen molar-refractivity contribution in [2.75, 3.05) is 6.54 Å². The number of amides is 1. The number of carbonyl (C=O) groups excluding carboxylic acids is 1. The first kappa shape index (κ1) is 8.74. The van der Waals surface area contributed by atoms with E-state index in [-0.39, 0.29) is 6.54 Å². The molecule has 1 aromatic carbocycles. The molecule has 12 heavy (non-hydrogen) atoms. The smallest absolute Gasteiger partial charge is 0.277 e. The Bertz CT molecular complexity index is 258. The molecule has 3 heteroatoms. The maximum absolute atomic E-state index is 11.2. The second kappa shape index (κ2) is 3.88. The van der Waals surface area contributed by atoms with Gasteiger partial charge in [-0.05, 0) is 25.1 Å². The van der Waals surface area contributed by atoms with Crippen molar-refractivity contribution < 1.29 is 10.0 Å². The van der Waals surface area contributed by atoms with Gasteiger partial charge in [0.1, 0.15) is 0 Å². The van der Waals surface area contributed by atoms with Crippen LogP contribution in [0.15, 0.2) is 24.3 Å². The second-order valence-corrected chi connectivity index (χ2v) is 2.31. The van der Waals surface area contributed by atoms with E-state index in [0.717, 1.165) is 0 Å². The van der Waals surface area contributed by atoms with Crippen molar-refractivity contribution in [2.24, 2.45) is 0 Å². The third-order valence-corrected chi connectivity index (χ3v) is 1.49. The van der Waals surface area contributed by atoms with Crippen LogP contribution in [0.3, 0.4) is 0 Å². The van der Waals surface area contributed by atoms with Crippen LogP contribution in [0.1, 0.15) is 17.3 Å². The lowest BCUT2D eigenvalue weighted by Gasteiger charge is -2.11. The van der Waals surface area contributed by atoms with E-state index >= 15 is 0 Å². The minimum atomic E-state index is -0.394. The Morgan fingerprint density at radius 1 is 1.75 bits per heavy atom. The van der Waals surface area contributed by atoms with Gasteiger partial charge in [-0.25, -0.2) is 5.06 Å². The van der Waals surface area contributed by atoms with Gasteiger partial charge in [0.2, 0.25) is 0 Å². The summed E-state index contributed by atoms with van der Waals surface area (Å²) in [7, 11) is 0. The normalized spacial score (nSPS) is 9.50. The molecule has 0 atom stereocenters. The molecule has 1 N–H and O–H groups in total. The molecule has 0 bridgehead atoms. The lowest BCUT2D eigenvalue weighted by atomic mass is 10.2. The minimum absolute atomic E-state index is 0.285. The number of rotatable bonds is 2. The van der Waals surface area contributed by atoms with Crippen LogP contribution in [-0.4, -0.2) is 22.7 Å². The summed E-state index contributed by atoms with van der Waals surface area (Å²) in [5.41, 5.74) is 0.446. The fraction of sp³-hybridized carbons (Fsp3) is 0.222. The van der Waals surface area contributed by atoms with E-state index in [1.807, 2.05) is 0 Å². The van der Waals surface area contributed by atoms with E-state index in [2.05, 4.69) is 6.07 Å². The number of carbonyl (C=O) groups is 1. The van der Waals surface area contributed by atoms with Gasteiger partial charge in [0.25, 0.3) is 5.91 Å². The topological polar surface area (TPSA) is 40.5 Å². The van der Waals surface area contributed by atoms with Gasteiger partial charge >= 0.3 is 0 Å². The molecule has 0 aliphatic rings. The number of hydrogen-bond acceptors (Lipinski definition) is 2. The van der Waals surface area contributed by atoms with Crippen LogP contribution < -0.4 is 0 Å². The van der Waals surface area contributed by atoms with Gasteiger partial charge in [0.15, 0.2) is 0 Å². The Morgan fingerprint density at radius 2 is 2.50 bits per heavy atom. The predicted octanol–water partition coefficient (Wildman–Crippen LogP) is 1.34. The monoisotopic (exact) mass is 164 g/mol. The summed E-state index contributed by atoms with van der Waals surface area (Å²) in [4.78, 5) is 11.2. The molecule has 1 aromatic rings. The van der Waals surface area contributed by atoms with Crippen molar-refractivity contribution in [3.8, 4) is 0 Å². The van der Waals surface area contributed by atoms with E-state index in [4.69, 9.17) is 5.21 Å². The molecule has 0 unspecified atom stereocenters. The zero-order valence-electron chi connectivity index (χ0n) is 6.82. The molecule has 0 fully saturated rings. The highest BCUT2D eigenvalue weighted by molar-refractivity contribution is 5.93. The molecular formula is C9H10NO2. The number of benzene rings is 1. The lowest BCUT2D eigenvalue weighted by molar-refractivity contribution is -0.0541. The molecule has 0 spiro atoms. The third kappa shape index (κ3) is 1.83. The molecule has 0 saturated carbocycles. The molecule has 3 nitrogen and oxygen atoms in total. The van der Waals surface area contributed by atoms with E-state index in [1.165, 1.54) is 0 Å². The van der Waals surface area contributed by atoms with Crippen LogP contribution in [0, 0.1) is 6.07 Å². The zero-order chi connectivity index (χ0) is 8.97. The van der Waals surface area contributed by atoms with Gasteiger partial charge in [0, 0.05) is 12.1 Å². The van der Waals surface area contributed by atoms with Crippen molar-refractivity contribution in [1.82, 2.24) is 5.06 Å². The van der Waals surface area contributed by atoms with Crippen molar-refractivity contribution in [1.29, 1.82) is 0 Å². The Hall–Kier alpha value is -1.35. The minimum Gasteiger partial charge on any atom is -0.286 e. The van der Waals surface area contributed by atoms with Gasteiger partial charge in [0.05, 0.1) is 0 Å². The Labute approximate surface area is 71.2 Å². The predicted molar refractivity (Wildman–Crippen MR) is 43.8 cm³/mol. The molecule has 0 saturated heterocycles. The molecule has 0 heterocycles. The van der Waals surface area contributed by atoms with Crippen LogP contribution in [0.2, 0.25) is 0 Å². The molecular weight excluding hydrogens is 154 g/mol. The van der Waals surface area contributed by atoms with Crippen LogP contribution in [0.5, 0.6) is 0 Å². The SMILES string of the molecule is CCN(O)C(=O)c1c[c]ccc1. The summed E-state index contributed by atoms with van der Waals surface area (Å²) in [6, 6.07) is 9.35. The molecule has 0 aliphatic heterocycles. The summed E-state index contributed by atoms with van der Waals surface area (Å²) in [6.07, 6.45) is 0. The highest BCUT2D eigenvalue weighted by Gasteiger charge is 2.09. The quantitative estimate of drug-likeness (QED) is 0.529. The number of hydrogen-bond donors (Lipinski definition) is 1. The van der Waals surface area contributed by atoms with Gasteiger partial charge in [-0.15, -0.1) is 0 Å². The highest BCUT2D eigenvalue weighted by atomic mass is 16.5. The summed E-state index contributed by atoms with van der Waals surface area (Å²) < 4.78 is 0. The average Bonchev–Trinajstić information content (AvgIpc) is 2.17. The molecule has 63 valence electrons. The van der Waals surface area contributed by atoms with Crippen LogP contribution in [0.4, 0.5) is 0 Å². The van der Waals surface area contributed by atoms with E-state index < -0.39 is 5.91 Å². The largest absolute Gasteiger partial charge is 0.286 e. The Morgan fingerprint density at radius 3 is 3.00 bits per heavy atom. The summed E-state index contributed by atoms with van der Waals surface area (Å²) >= 11 is 0. The Balaban J connectivity index is 2.79. The first-order valence-electron chi connectivity index (χ1n) is 3.72. The van der Waals surface area contributed by atoms with E-state index in [1.54, 1.807) is 31.2 Å². The van der Waals surface area contributed by atoms with Crippen LogP contribution in [0.25, 0.3) is 0 Å². The Kier molecular flexibility index (Phi) is 2.82. The van der Waals surface area contributed by atoms with Crippen molar-refractivity contribution in [2.45, 2.75) is 6.92 Å². The van der Waals surface area contributed by atoms with E-state index in [9.17, 15) is 4.79 Å². The van der Waals surface area contributed by atoms with Crippen LogP contribution >= 0.6 is 0 Å². The molecule has 0 aliphatic carbocycles. The maximum Gasteiger partial charge on any atom is 0.277 e. The average molecular weight is 164 g/mol. The molecule has 0 aromatic heterocycles. The van der Waals surface area contributed by atoms with Crippen molar-refractivity contribution in [3.63, 3.8) is 0 Å². The first-order valence-corrected chi connectivity index (χ1v) is 3.72. The van der Waals surface area contributed by atoms with Gasteiger partial charge in [-0.2, -0.15) is 0 Å².